The Morgan fingerprint density at radius 2 is 1.82 bits per heavy atom. The van der Waals surface area contributed by atoms with Gasteiger partial charge in [0.15, 0.2) is 5.82 Å². The molecule has 4 nitrogen and oxygen atoms in total. The summed E-state index contributed by atoms with van der Waals surface area (Å²) < 4.78 is 13.9. The highest BCUT2D eigenvalue weighted by Crippen LogP contribution is 2.30. The molecule has 1 aromatic heterocycles. The van der Waals surface area contributed by atoms with Gasteiger partial charge in [0, 0.05) is 31.2 Å². The lowest BCUT2D eigenvalue weighted by atomic mass is 10.0. The number of phenolic OH excluding ortho intramolecular Hbond substituents is 1. The van der Waals surface area contributed by atoms with Crippen LogP contribution in [0.25, 0.3) is 21.7 Å². The van der Waals surface area contributed by atoms with E-state index in [1.54, 1.807) is 12.1 Å². The fourth-order valence-corrected chi connectivity index (χ4v) is 2.48. The Morgan fingerprint density at radius 1 is 1.14 bits per heavy atom. The maximum Gasteiger partial charge on any atom is 0.258 e. The number of H-pyrrole nitrogens is 1. The summed E-state index contributed by atoms with van der Waals surface area (Å²) >= 11 is 0. The summed E-state index contributed by atoms with van der Waals surface area (Å²) in [5.74, 6) is -0.812. The molecule has 22 heavy (non-hydrogen) atoms. The second-order valence-corrected chi connectivity index (χ2v) is 4.90. The van der Waals surface area contributed by atoms with Gasteiger partial charge in [0.1, 0.15) is 5.75 Å². The fourth-order valence-electron chi connectivity index (χ4n) is 2.48. The molecule has 0 amide bonds. The Morgan fingerprint density at radius 3 is 2.45 bits per heavy atom. The zero-order valence-corrected chi connectivity index (χ0v) is 13.5. The molecule has 1 heterocycles. The Balaban J connectivity index is 0.00000121. The molecule has 3 rings (SSSR count). The van der Waals surface area contributed by atoms with Crippen molar-refractivity contribution in [1.82, 2.24) is 4.98 Å². The average molecular weight is 345 g/mol. The van der Waals surface area contributed by atoms with Crippen LogP contribution in [-0.2, 0) is 0 Å². The number of nitrogens with zero attached hydrogens (tertiary/aromatic N) is 1. The van der Waals surface area contributed by atoms with Crippen LogP contribution in [0.15, 0.2) is 35.1 Å². The number of hydrogen-bond donors (Lipinski definition) is 2. The van der Waals surface area contributed by atoms with Crippen LogP contribution < -0.4 is 10.5 Å². The largest absolute Gasteiger partial charge is 0.508 e. The second-order valence-electron chi connectivity index (χ2n) is 4.90. The molecular formula is C15H15Cl2FN2O2. The first-order valence-corrected chi connectivity index (χ1v) is 6.13. The molecule has 118 valence electrons. The van der Waals surface area contributed by atoms with Crippen LogP contribution in [0.2, 0.25) is 0 Å². The first-order valence-electron chi connectivity index (χ1n) is 6.13. The van der Waals surface area contributed by atoms with Crippen molar-refractivity contribution in [2.75, 3.05) is 19.0 Å². The predicted octanol–water partition coefficient (Wildman–Crippen LogP) is 3.44. The number of halogens is 3. The van der Waals surface area contributed by atoms with Gasteiger partial charge in [-0.25, -0.2) is 4.39 Å². The minimum absolute atomic E-state index is 0. The van der Waals surface area contributed by atoms with Crippen LogP contribution in [-0.4, -0.2) is 24.2 Å². The lowest BCUT2D eigenvalue weighted by molar-refractivity contribution is 0.471. The van der Waals surface area contributed by atoms with Crippen LogP contribution >= 0.6 is 24.8 Å². The van der Waals surface area contributed by atoms with Gasteiger partial charge in [-0.2, -0.15) is 0 Å². The van der Waals surface area contributed by atoms with Crippen LogP contribution in [0.5, 0.6) is 5.75 Å². The molecule has 2 N–H and O–H groups in total. The zero-order valence-electron chi connectivity index (χ0n) is 11.9. The van der Waals surface area contributed by atoms with Crippen LogP contribution in [0.4, 0.5) is 10.1 Å². The monoisotopic (exact) mass is 344 g/mol. The Hall–Kier alpha value is -1.98. The molecule has 0 radical (unpaired) electrons. The fraction of sp³-hybridized carbons (Fsp3) is 0.133. The van der Waals surface area contributed by atoms with Gasteiger partial charge in [0.2, 0.25) is 0 Å². The maximum absolute atomic E-state index is 13.9. The molecule has 0 saturated carbocycles. The van der Waals surface area contributed by atoms with Crippen LogP contribution in [0.3, 0.4) is 0 Å². The number of hydrogen-bond acceptors (Lipinski definition) is 3. The van der Waals surface area contributed by atoms with E-state index in [0.29, 0.717) is 16.2 Å². The van der Waals surface area contributed by atoms with Gasteiger partial charge in [0.05, 0.1) is 10.9 Å². The average Bonchev–Trinajstić information content (AvgIpc) is 2.39. The van der Waals surface area contributed by atoms with E-state index >= 15 is 0 Å². The minimum Gasteiger partial charge on any atom is -0.508 e. The van der Waals surface area contributed by atoms with E-state index in [4.69, 9.17) is 0 Å². The third-order valence-electron chi connectivity index (χ3n) is 3.36. The molecule has 0 spiro atoms. The van der Waals surface area contributed by atoms with Crippen molar-refractivity contribution in [2.45, 2.75) is 0 Å². The van der Waals surface area contributed by atoms with Gasteiger partial charge >= 0.3 is 0 Å². The van der Waals surface area contributed by atoms with Crippen molar-refractivity contribution in [3.05, 3.63) is 46.5 Å². The SMILES string of the molecule is CN(C)c1cccc2c1c(=O)[nH]c1c(F)cc(O)cc12.Cl.Cl. The van der Waals surface area contributed by atoms with E-state index in [1.807, 2.05) is 25.1 Å². The van der Waals surface area contributed by atoms with Gasteiger partial charge in [-0.1, -0.05) is 12.1 Å². The highest BCUT2D eigenvalue weighted by atomic mass is 35.5. The molecule has 0 aliphatic heterocycles. The summed E-state index contributed by atoms with van der Waals surface area (Å²) in [6.45, 7) is 0. The maximum atomic E-state index is 13.9. The number of phenols is 1. The number of aromatic nitrogens is 1. The molecule has 7 heteroatoms. The van der Waals surface area contributed by atoms with Crippen LogP contribution in [0.1, 0.15) is 0 Å². The number of anilines is 1. The number of nitrogens with one attached hydrogen (secondary N) is 1. The summed E-state index contributed by atoms with van der Waals surface area (Å²) in [7, 11) is 3.67. The molecule has 0 bridgehead atoms. The second kappa shape index (κ2) is 6.42. The number of benzene rings is 2. The normalized spacial score (nSPS) is 10.1. The van der Waals surface area contributed by atoms with Crippen molar-refractivity contribution in [3.63, 3.8) is 0 Å². The quantitative estimate of drug-likeness (QED) is 0.665. The van der Waals surface area contributed by atoms with Gasteiger partial charge in [-0.05, 0) is 17.5 Å². The van der Waals surface area contributed by atoms with Crippen LogP contribution in [0, 0.1) is 5.82 Å². The molecule has 0 aliphatic carbocycles. The van der Waals surface area contributed by atoms with Gasteiger partial charge in [0.25, 0.3) is 5.56 Å². The van der Waals surface area contributed by atoms with E-state index in [0.717, 1.165) is 11.8 Å². The van der Waals surface area contributed by atoms with Crippen molar-refractivity contribution < 1.29 is 9.50 Å². The zero-order chi connectivity index (χ0) is 14.4. The highest BCUT2D eigenvalue weighted by Gasteiger charge is 2.13. The molecule has 0 atom stereocenters. The lowest BCUT2D eigenvalue weighted by Crippen LogP contribution is -2.15. The third-order valence-corrected chi connectivity index (χ3v) is 3.36. The smallest absolute Gasteiger partial charge is 0.258 e. The minimum atomic E-state index is -0.644. The van der Waals surface area contributed by atoms with Gasteiger partial charge < -0.3 is 15.0 Å². The first-order chi connectivity index (χ1) is 9.49. The molecule has 3 aromatic rings. The number of rotatable bonds is 1. The van der Waals surface area contributed by atoms with Gasteiger partial charge in [-0.3, -0.25) is 4.79 Å². The Labute approximate surface area is 138 Å². The van der Waals surface area contributed by atoms with Crippen molar-refractivity contribution in [3.8, 4) is 5.75 Å². The summed E-state index contributed by atoms with van der Waals surface area (Å²) in [4.78, 5) is 16.6. The van der Waals surface area contributed by atoms with Crippen molar-refractivity contribution in [2.24, 2.45) is 0 Å². The summed E-state index contributed by atoms with van der Waals surface area (Å²) in [6.07, 6.45) is 0. The number of aromatic hydroxyl groups is 1. The summed E-state index contributed by atoms with van der Waals surface area (Å²) in [5.41, 5.74) is 0.506. The predicted molar refractivity (Wildman–Crippen MR) is 92.5 cm³/mol. The van der Waals surface area contributed by atoms with E-state index < -0.39 is 5.82 Å². The van der Waals surface area contributed by atoms with E-state index in [2.05, 4.69) is 4.98 Å². The summed E-state index contributed by atoms with van der Waals surface area (Å²) in [5, 5.41) is 11.2. The molecule has 0 fully saturated rings. The Bertz CT molecular complexity index is 894. The molecule has 2 aromatic carbocycles. The number of pyridine rings is 1. The standard InChI is InChI=1S/C15H13FN2O2.2ClH/c1-18(2)12-5-3-4-9-10-6-8(19)7-11(16)14(10)17-15(20)13(9)12;;/h3-7,19H,1-2H3,(H,17,20);2*1H. The first kappa shape index (κ1) is 18.1. The summed E-state index contributed by atoms with van der Waals surface area (Å²) in [6, 6.07) is 7.82. The topological polar surface area (TPSA) is 56.3 Å². The van der Waals surface area contributed by atoms with Gasteiger partial charge in [-0.15, -0.1) is 24.8 Å². The van der Waals surface area contributed by atoms with E-state index in [9.17, 15) is 14.3 Å². The molecule has 0 saturated heterocycles. The van der Waals surface area contributed by atoms with E-state index in [1.165, 1.54) is 6.07 Å². The molecule has 0 aliphatic rings. The molecule has 0 unspecified atom stereocenters. The third kappa shape index (κ3) is 2.69. The molecular weight excluding hydrogens is 330 g/mol. The Kier molecular flexibility index (Phi) is 5.27. The number of aromatic amines is 1. The van der Waals surface area contributed by atoms with Crippen molar-refractivity contribution in [1.29, 1.82) is 0 Å². The highest BCUT2D eigenvalue weighted by molar-refractivity contribution is 6.10. The number of fused-ring (bicyclic) bond motifs is 3. The lowest BCUT2D eigenvalue weighted by Gasteiger charge is -2.15. The van der Waals surface area contributed by atoms with E-state index in [-0.39, 0.29) is 41.6 Å². The van der Waals surface area contributed by atoms with Crippen molar-refractivity contribution >= 4 is 52.2 Å².